The van der Waals surface area contributed by atoms with Gasteiger partial charge in [0.2, 0.25) is 0 Å². The maximum Gasteiger partial charge on any atom is 0.303 e. The molecule has 3 heteroatoms. The second-order valence-corrected chi connectivity index (χ2v) is 4.05. The number of carbonyl (C=O) groups is 1. The van der Waals surface area contributed by atoms with Gasteiger partial charge in [-0.3, -0.25) is 4.79 Å². The number of esters is 1. The minimum Gasteiger partial charge on any atom is -0.460 e. The highest BCUT2D eigenvalue weighted by Crippen LogP contribution is 2.05. The van der Waals surface area contributed by atoms with E-state index in [0.717, 1.165) is 0 Å². The van der Waals surface area contributed by atoms with Crippen LogP contribution in [0.2, 0.25) is 0 Å². The van der Waals surface area contributed by atoms with Crippen LogP contribution in [0.25, 0.3) is 0 Å². The first-order valence-electron chi connectivity index (χ1n) is 3.51. The largest absolute Gasteiger partial charge is 0.460 e. The third-order valence-corrected chi connectivity index (χ3v) is 0.450. The normalized spacial score (nSPS) is 9.64. The van der Waals surface area contributed by atoms with Gasteiger partial charge in [0.05, 0.1) is 0 Å². The number of ether oxygens (including phenoxy) is 1. The fraction of sp³-hybridized carbons (Fsp3) is 0.875. The van der Waals surface area contributed by atoms with Crippen LogP contribution in [0.5, 0.6) is 0 Å². The van der Waals surface area contributed by atoms with Crippen LogP contribution in [0, 0.1) is 0 Å². The summed E-state index contributed by atoms with van der Waals surface area (Å²) in [7, 11) is 1.42. The van der Waals surface area contributed by atoms with E-state index in [4.69, 9.17) is 4.74 Å². The Labute approximate surface area is 71.5 Å². The summed E-state index contributed by atoms with van der Waals surface area (Å²) in [5.74, 6) is -0.225. The van der Waals surface area contributed by atoms with Crippen molar-refractivity contribution in [3.05, 3.63) is 0 Å². The van der Waals surface area contributed by atoms with Crippen LogP contribution in [0.4, 0.5) is 0 Å². The molecule has 0 aliphatic heterocycles. The van der Waals surface area contributed by atoms with Gasteiger partial charge < -0.3 is 4.74 Å². The van der Waals surface area contributed by atoms with Crippen LogP contribution < -0.4 is 0 Å². The van der Waals surface area contributed by atoms with Crippen molar-refractivity contribution in [2.24, 2.45) is 0 Å². The van der Waals surface area contributed by atoms with Gasteiger partial charge in [-0.15, -0.1) is 0 Å². The summed E-state index contributed by atoms with van der Waals surface area (Å²) >= 11 is 0. The zero-order valence-electron chi connectivity index (χ0n) is 8.26. The van der Waals surface area contributed by atoms with Gasteiger partial charge in [-0.2, -0.15) is 0 Å². The summed E-state index contributed by atoms with van der Waals surface area (Å²) in [6, 6.07) is 0. The predicted molar refractivity (Wildman–Crippen MR) is 50.3 cm³/mol. The van der Waals surface area contributed by atoms with Crippen molar-refractivity contribution in [1.82, 2.24) is 0 Å². The summed E-state index contributed by atoms with van der Waals surface area (Å²) in [5.41, 5.74) is -0.328. The molecule has 0 N–H and O–H groups in total. The molecule has 0 saturated heterocycles. The molecular weight excluding hydrogens is 159 g/mol. The Bertz CT molecular complexity index is 105. The van der Waals surface area contributed by atoms with E-state index in [1.807, 2.05) is 20.8 Å². The summed E-state index contributed by atoms with van der Waals surface area (Å²) in [4.78, 5) is 10.2. The summed E-state index contributed by atoms with van der Waals surface area (Å²) < 4.78 is 4.80. The molecule has 0 fully saturated rings. The SMILES string of the molecule is CC(=O)OC(C)(C)C.C[P]C. The average molecular weight is 177 g/mol. The van der Waals surface area contributed by atoms with Crippen molar-refractivity contribution in [1.29, 1.82) is 0 Å². The Morgan fingerprint density at radius 1 is 1.27 bits per heavy atom. The minimum absolute atomic E-state index is 0.225. The van der Waals surface area contributed by atoms with Crippen molar-refractivity contribution >= 4 is 14.6 Å². The molecule has 0 aromatic heterocycles. The van der Waals surface area contributed by atoms with Crippen LogP contribution >= 0.6 is 8.58 Å². The maximum absolute atomic E-state index is 10.2. The number of rotatable bonds is 0. The van der Waals surface area contributed by atoms with Crippen LogP contribution in [0.3, 0.4) is 0 Å². The number of carbonyl (C=O) groups excluding carboxylic acids is 1. The molecule has 11 heavy (non-hydrogen) atoms. The smallest absolute Gasteiger partial charge is 0.303 e. The lowest BCUT2D eigenvalue weighted by Gasteiger charge is -2.17. The monoisotopic (exact) mass is 177 g/mol. The number of hydrogen-bond donors (Lipinski definition) is 0. The molecule has 0 heterocycles. The van der Waals surface area contributed by atoms with Gasteiger partial charge in [0, 0.05) is 6.92 Å². The van der Waals surface area contributed by atoms with E-state index in [2.05, 4.69) is 13.3 Å². The highest BCUT2D eigenvalue weighted by atomic mass is 31.1. The Morgan fingerprint density at radius 3 is 1.55 bits per heavy atom. The van der Waals surface area contributed by atoms with Crippen LogP contribution in [-0.4, -0.2) is 24.9 Å². The first-order valence-corrected chi connectivity index (χ1v) is 5.30. The molecule has 67 valence electrons. The molecule has 0 aromatic carbocycles. The predicted octanol–water partition coefficient (Wildman–Crippen LogP) is 2.54. The molecule has 0 rings (SSSR count). The van der Waals surface area contributed by atoms with Crippen molar-refractivity contribution < 1.29 is 9.53 Å². The van der Waals surface area contributed by atoms with E-state index in [0.29, 0.717) is 0 Å². The summed E-state index contributed by atoms with van der Waals surface area (Å²) in [6.45, 7) is 11.1. The molecule has 0 amide bonds. The van der Waals surface area contributed by atoms with Crippen molar-refractivity contribution in [3.8, 4) is 0 Å². The van der Waals surface area contributed by atoms with Crippen LogP contribution in [0.1, 0.15) is 27.7 Å². The molecule has 2 nitrogen and oxygen atoms in total. The van der Waals surface area contributed by atoms with Crippen molar-refractivity contribution in [2.75, 3.05) is 13.3 Å². The molecule has 0 aliphatic carbocycles. The molecule has 1 radical (unpaired) electrons. The first kappa shape index (κ1) is 13.5. The third kappa shape index (κ3) is 25.7. The quantitative estimate of drug-likeness (QED) is 0.420. The molecule has 0 aromatic rings. The van der Waals surface area contributed by atoms with Gasteiger partial charge >= 0.3 is 5.97 Å². The third-order valence-electron chi connectivity index (χ3n) is 0.450. The zero-order valence-corrected chi connectivity index (χ0v) is 9.16. The van der Waals surface area contributed by atoms with Gasteiger partial charge in [0.25, 0.3) is 0 Å². The fourth-order valence-corrected chi connectivity index (χ4v) is 0.431. The zero-order chi connectivity index (χ0) is 9.49. The summed E-state index contributed by atoms with van der Waals surface area (Å²) in [6.07, 6.45) is 0. The fourth-order valence-electron chi connectivity index (χ4n) is 0.431. The molecule has 0 spiro atoms. The topological polar surface area (TPSA) is 26.3 Å². The molecular formula is C8H18O2P. The highest BCUT2D eigenvalue weighted by molar-refractivity contribution is 7.35. The van der Waals surface area contributed by atoms with Crippen molar-refractivity contribution in [2.45, 2.75) is 33.3 Å². The second kappa shape index (κ2) is 6.60. The van der Waals surface area contributed by atoms with Crippen molar-refractivity contribution in [3.63, 3.8) is 0 Å². The van der Waals surface area contributed by atoms with E-state index in [-0.39, 0.29) is 11.6 Å². The lowest BCUT2D eigenvalue weighted by Crippen LogP contribution is -2.21. The molecule has 0 atom stereocenters. The second-order valence-electron chi connectivity index (χ2n) is 3.15. The van der Waals surface area contributed by atoms with E-state index in [1.165, 1.54) is 15.5 Å². The molecule has 0 aliphatic rings. The lowest BCUT2D eigenvalue weighted by atomic mass is 10.2. The Balaban J connectivity index is 0. The molecule has 0 bridgehead atoms. The Kier molecular flexibility index (Phi) is 8.09. The Morgan fingerprint density at radius 2 is 1.55 bits per heavy atom. The Hall–Kier alpha value is -0.100. The first-order chi connectivity index (χ1) is 4.83. The average Bonchev–Trinajstić information content (AvgIpc) is 1.57. The van der Waals surface area contributed by atoms with Gasteiger partial charge in [0.15, 0.2) is 0 Å². The lowest BCUT2D eigenvalue weighted by molar-refractivity contribution is -0.151. The maximum atomic E-state index is 10.2. The van der Waals surface area contributed by atoms with Crippen LogP contribution in [-0.2, 0) is 9.53 Å². The standard InChI is InChI=1S/C6H12O2.C2H6P/c1-5(7)8-6(2,3)4;1-3-2/h1-4H3;1-2H3. The molecule has 0 unspecified atom stereocenters. The highest BCUT2D eigenvalue weighted by Gasteiger charge is 2.11. The van der Waals surface area contributed by atoms with E-state index < -0.39 is 0 Å². The number of hydrogen-bond acceptors (Lipinski definition) is 2. The van der Waals surface area contributed by atoms with E-state index in [1.54, 1.807) is 0 Å². The van der Waals surface area contributed by atoms with Gasteiger partial charge in [-0.05, 0) is 34.1 Å². The minimum atomic E-state index is -0.328. The molecule has 0 saturated carbocycles. The van der Waals surface area contributed by atoms with Gasteiger partial charge in [0.1, 0.15) is 5.60 Å². The summed E-state index contributed by atoms with van der Waals surface area (Å²) in [5, 5.41) is 0. The van der Waals surface area contributed by atoms with Gasteiger partial charge in [-0.25, -0.2) is 0 Å². The van der Waals surface area contributed by atoms with Gasteiger partial charge in [-0.1, -0.05) is 8.58 Å². The van der Waals surface area contributed by atoms with E-state index in [9.17, 15) is 4.79 Å². The van der Waals surface area contributed by atoms with E-state index >= 15 is 0 Å². The van der Waals surface area contributed by atoms with Crippen LogP contribution in [0.15, 0.2) is 0 Å².